The molecule has 0 bridgehead atoms. The first-order valence-corrected chi connectivity index (χ1v) is 17.4. The quantitative estimate of drug-likeness (QED) is 0.0504. The van der Waals surface area contributed by atoms with Gasteiger partial charge in [-0.1, -0.05) is 72.8 Å². The Kier molecular flexibility index (Phi) is 13.1. The highest BCUT2D eigenvalue weighted by Gasteiger charge is 2.34. The lowest BCUT2D eigenvalue weighted by Gasteiger charge is -2.28. The fourth-order valence-corrected chi connectivity index (χ4v) is 6.89. The Hall–Kier alpha value is -4.97. The number of nitrogens with zero attached hydrogens (tertiary/aromatic N) is 2. The molecule has 0 aliphatic rings. The van der Waals surface area contributed by atoms with E-state index in [0.29, 0.717) is 32.7 Å². The minimum absolute atomic E-state index is 0.00608. The number of hydrogen-bond acceptors (Lipinski definition) is 8. The van der Waals surface area contributed by atoms with Crippen LogP contribution >= 0.6 is 0 Å². The van der Waals surface area contributed by atoms with Crippen LogP contribution in [0.5, 0.6) is 0 Å². The summed E-state index contributed by atoms with van der Waals surface area (Å²) in [6, 6.07) is 19.5. The maximum Gasteiger partial charge on any atom is 0.488 e. The van der Waals surface area contributed by atoms with E-state index in [1.807, 2.05) is 24.3 Å². The smallest absolute Gasteiger partial charge is 0.423 e. The van der Waals surface area contributed by atoms with Crippen molar-refractivity contribution in [3.05, 3.63) is 118 Å². The first-order chi connectivity index (χ1) is 26.3. The fraction of sp³-hybridized carbons (Fsp3) is 0.263. The van der Waals surface area contributed by atoms with Crippen molar-refractivity contribution in [1.82, 2.24) is 9.80 Å². The van der Waals surface area contributed by atoms with Crippen molar-refractivity contribution < 1.29 is 56.0 Å². The number of rotatable bonds is 16. The number of amides is 2. The van der Waals surface area contributed by atoms with Gasteiger partial charge in [-0.05, 0) is 66.9 Å². The van der Waals surface area contributed by atoms with Crippen LogP contribution in [0.25, 0.3) is 21.5 Å². The normalized spacial score (nSPS) is 12.2. The molecule has 0 fully saturated rings. The second-order valence-electron chi connectivity index (χ2n) is 13.5. The Morgan fingerprint density at radius 3 is 1.12 bits per heavy atom. The van der Waals surface area contributed by atoms with Gasteiger partial charge < -0.3 is 31.6 Å². The molecule has 0 unspecified atom stereocenters. The molecule has 0 saturated carbocycles. The van der Waals surface area contributed by atoms with E-state index in [4.69, 9.17) is 11.5 Å². The van der Waals surface area contributed by atoms with Crippen LogP contribution in [-0.2, 0) is 48.1 Å². The maximum atomic E-state index is 13.8. The predicted octanol–water partition coefficient (Wildman–Crippen LogP) is 3.15. The molecule has 0 aliphatic carbocycles. The summed E-state index contributed by atoms with van der Waals surface area (Å²) in [4.78, 5) is 27.2. The summed E-state index contributed by atoms with van der Waals surface area (Å²) >= 11 is 0. The topological polar surface area (TPSA) is 174 Å². The van der Waals surface area contributed by atoms with Crippen LogP contribution in [0.3, 0.4) is 0 Å². The molecule has 0 heterocycles. The first-order valence-electron chi connectivity index (χ1n) is 17.4. The molecule has 8 N–H and O–H groups in total. The van der Waals surface area contributed by atoms with Gasteiger partial charge in [0.05, 0.1) is 11.1 Å². The van der Waals surface area contributed by atoms with E-state index in [1.54, 1.807) is 34.1 Å². The van der Waals surface area contributed by atoms with Crippen molar-refractivity contribution >= 4 is 58.5 Å². The average molecular weight is 782 g/mol. The summed E-state index contributed by atoms with van der Waals surface area (Å²) in [5.74, 6) is -1.33. The Morgan fingerprint density at radius 1 is 0.536 bits per heavy atom. The summed E-state index contributed by atoms with van der Waals surface area (Å²) in [7, 11) is -4.17. The highest BCUT2D eigenvalue weighted by Crippen LogP contribution is 2.36. The number of nitrogens with two attached hydrogens (primary N) is 2. The van der Waals surface area contributed by atoms with E-state index in [2.05, 4.69) is 0 Å². The number of alkyl halides is 6. The van der Waals surface area contributed by atoms with E-state index in [9.17, 15) is 56.0 Å². The molecular formula is C38H38B2F6N4O6. The van der Waals surface area contributed by atoms with Crippen LogP contribution < -0.4 is 22.4 Å². The van der Waals surface area contributed by atoms with E-state index >= 15 is 0 Å². The number of primary amides is 2. The van der Waals surface area contributed by atoms with E-state index < -0.39 is 49.5 Å². The van der Waals surface area contributed by atoms with Gasteiger partial charge in [0.15, 0.2) is 0 Å². The third-order valence-corrected chi connectivity index (χ3v) is 9.55. The van der Waals surface area contributed by atoms with Gasteiger partial charge in [0.2, 0.25) is 11.8 Å². The minimum Gasteiger partial charge on any atom is -0.423 e. The van der Waals surface area contributed by atoms with Gasteiger partial charge in [-0.2, -0.15) is 26.3 Å². The molecule has 5 rings (SSSR count). The lowest BCUT2D eigenvalue weighted by Crippen LogP contribution is -2.37. The van der Waals surface area contributed by atoms with Gasteiger partial charge in [0, 0.05) is 52.1 Å². The molecule has 18 heteroatoms. The van der Waals surface area contributed by atoms with Crippen LogP contribution in [0.1, 0.15) is 46.2 Å². The van der Waals surface area contributed by atoms with Gasteiger partial charge in [-0.25, -0.2) is 0 Å². The zero-order valence-electron chi connectivity index (χ0n) is 29.8. The summed E-state index contributed by atoms with van der Waals surface area (Å²) in [5, 5.41) is 42.9. The Bertz CT molecular complexity index is 2010. The van der Waals surface area contributed by atoms with E-state index in [-0.39, 0.29) is 74.2 Å². The number of hydrogen-bond donors (Lipinski definition) is 6. The van der Waals surface area contributed by atoms with Gasteiger partial charge >= 0.3 is 26.6 Å². The second-order valence-corrected chi connectivity index (χ2v) is 13.5. The molecule has 0 atom stereocenters. The number of fused-ring (bicyclic) bond motifs is 2. The van der Waals surface area contributed by atoms with Gasteiger partial charge in [0.25, 0.3) is 0 Å². The summed E-state index contributed by atoms with van der Waals surface area (Å²) in [6.07, 6.45) is -9.78. The first kappa shape index (κ1) is 42.2. The highest BCUT2D eigenvalue weighted by molar-refractivity contribution is 6.59. The molecule has 0 aliphatic heterocycles. The molecule has 0 spiro atoms. The minimum atomic E-state index is -4.72. The average Bonchev–Trinajstić information content (AvgIpc) is 3.12. The SMILES string of the molecule is NC(=O)CCN(Cc1cc(C(F)(F)F)ccc1B(O)O)Cc1c2ccccc2c(CN(CCC(N)=O)Cc2cc(C(F)(F)F)ccc2B(O)O)c2ccccc12. The molecule has 5 aromatic carbocycles. The molecule has 0 radical (unpaired) electrons. The standard InChI is InChI=1S/C38H38B2F6N4O6/c41-37(42,43)25-9-11-33(39(53)54)23(17-25)19-49(15-13-35(47)51)21-31-27-5-1-2-6-28(27)32(30-8-4-3-7-29(30)31)22-50(16-14-36(48)52)20-24-18-26(38(44,45)46)10-12-34(24)40(55)56/h1-12,17-18,53-56H,13-16,19-22H2,(H2,47,51)(H2,48,52). The van der Waals surface area contributed by atoms with Gasteiger partial charge in [-0.15, -0.1) is 0 Å². The molecule has 56 heavy (non-hydrogen) atoms. The van der Waals surface area contributed by atoms with Crippen molar-refractivity contribution in [1.29, 1.82) is 0 Å². The number of carbonyl (C=O) groups is 2. The molecule has 2 amide bonds. The maximum absolute atomic E-state index is 13.8. The van der Waals surface area contributed by atoms with Crippen LogP contribution in [0.4, 0.5) is 26.3 Å². The van der Waals surface area contributed by atoms with Gasteiger partial charge in [-0.3, -0.25) is 19.4 Å². The Labute approximate surface area is 318 Å². The molecule has 294 valence electrons. The van der Waals surface area contributed by atoms with Crippen LogP contribution in [0, 0.1) is 0 Å². The monoisotopic (exact) mass is 782 g/mol. The van der Waals surface area contributed by atoms with Crippen molar-refractivity contribution in [2.24, 2.45) is 11.5 Å². The van der Waals surface area contributed by atoms with Crippen LogP contribution in [-0.4, -0.2) is 69.0 Å². The number of halogens is 6. The second kappa shape index (κ2) is 17.4. The molecule has 5 aromatic rings. The molecule has 10 nitrogen and oxygen atoms in total. The summed E-state index contributed by atoms with van der Waals surface area (Å²) in [5.41, 5.74) is 9.99. The lowest BCUT2D eigenvalue weighted by molar-refractivity contribution is -0.138. The zero-order chi connectivity index (χ0) is 40.9. The Morgan fingerprint density at radius 2 is 0.857 bits per heavy atom. The molecule has 0 saturated heterocycles. The van der Waals surface area contributed by atoms with Crippen molar-refractivity contribution in [3.63, 3.8) is 0 Å². The lowest BCUT2D eigenvalue weighted by atomic mass is 9.76. The fourth-order valence-electron chi connectivity index (χ4n) is 6.89. The largest absolute Gasteiger partial charge is 0.488 e. The third-order valence-electron chi connectivity index (χ3n) is 9.55. The van der Waals surface area contributed by atoms with Crippen molar-refractivity contribution in [2.75, 3.05) is 13.1 Å². The molecular weight excluding hydrogens is 744 g/mol. The zero-order valence-corrected chi connectivity index (χ0v) is 29.8. The predicted molar refractivity (Wildman–Crippen MR) is 200 cm³/mol. The highest BCUT2D eigenvalue weighted by atomic mass is 19.4. The van der Waals surface area contributed by atoms with Crippen molar-refractivity contribution in [3.8, 4) is 0 Å². The summed E-state index contributed by atoms with van der Waals surface area (Å²) < 4.78 is 82.5. The Balaban J connectivity index is 1.63. The van der Waals surface area contributed by atoms with Gasteiger partial charge in [0.1, 0.15) is 0 Å². The number of carbonyl (C=O) groups excluding carboxylic acids is 2. The summed E-state index contributed by atoms with van der Waals surface area (Å²) in [6.45, 7) is -0.364. The van der Waals surface area contributed by atoms with Crippen LogP contribution in [0.15, 0.2) is 84.9 Å². The third kappa shape index (κ3) is 10.3. The molecule has 0 aromatic heterocycles. The van der Waals surface area contributed by atoms with Crippen molar-refractivity contribution in [2.45, 2.75) is 51.4 Å². The van der Waals surface area contributed by atoms with E-state index in [0.717, 1.165) is 36.4 Å². The van der Waals surface area contributed by atoms with E-state index in [1.165, 1.54) is 0 Å². The van der Waals surface area contributed by atoms with Crippen LogP contribution in [0.2, 0.25) is 0 Å². The number of benzene rings is 5.